The summed E-state index contributed by atoms with van der Waals surface area (Å²) >= 11 is 0. The van der Waals surface area contributed by atoms with Gasteiger partial charge in [-0.1, -0.05) is 51.1 Å². The summed E-state index contributed by atoms with van der Waals surface area (Å²) in [4.78, 5) is 49.4. The van der Waals surface area contributed by atoms with E-state index in [0.717, 1.165) is 15.0 Å². The Kier molecular flexibility index (Phi) is 8.76. The van der Waals surface area contributed by atoms with Crippen molar-refractivity contribution in [3.05, 3.63) is 46.4 Å². The maximum atomic E-state index is 13.7. The van der Waals surface area contributed by atoms with E-state index in [1.165, 1.54) is 11.6 Å². The minimum absolute atomic E-state index is 0.0171. The van der Waals surface area contributed by atoms with Crippen LogP contribution in [0.5, 0.6) is 0 Å². The van der Waals surface area contributed by atoms with Crippen molar-refractivity contribution in [2.75, 3.05) is 29.9 Å². The molecule has 0 radical (unpaired) electrons. The number of hydrogen-bond acceptors (Lipinski definition) is 9. The Hall–Kier alpha value is -3.94. The molecule has 0 fully saturated rings. The highest BCUT2D eigenvalue weighted by molar-refractivity contribution is 7.92. The van der Waals surface area contributed by atoms with Crippen LogP contribution >= 0.6 is 0 Å². The molecule has 13 nitrogen and oxygen atoms in total. The van der Waals surface area contributed by atoms with Crippen molar-refractivity contribution in [1.82, 2.24) is 24.0 Å². The molecule has 0 unspecified atom stereocenters. The van der Waals surface area contributed by atoms with Crippen molar-refractivity contribution in [2.45, 2.75) is 46.7 Å². The lowest BCUT2D eigenvalue weighted by molar-refractivity contribution is -0.149. The zero-order valence-electron chi connectivity index (χ0n) is 22.0. The Labute approximate surface area is 220 Å². The zero-order chi connectivity index (χ0) is 28.2. The van der Waals surface area contributed by atoms with Crippen molar-refractivity contribution >= 4 is 45.0 Å². The van der Waals surface area contributed by atoms with Gasteiger partial charge in [-0.05, 0) is 24.8 Å². The molecule has 1 amide bonds. The number of anilines is 2. The molecular formula is C24H33N7O6S. The monoisotopic (exact) mass is 547 g/mol. The van der Waals surface area contributed by atoms with E-state index < -0.39 is 33.8 Å². The first-order valence-electron chi connectivity index (χ1n) is 12.2. The normalized spacial score (nSPS) is 12.5. The number of esters is 1. The average molecular weight is 548 g/mol. The average Bonchev–Trinajstić information content (AvgIpc) is 3.10. The number of ether oxygens (including phenoxy) is 1. The first-order chi connectivity index (χ1) is 17.9. The number of amides is 1. The highest BCUT2D eigenvalue weighted by atomic mass is 32.2. The van der Waals surface area contributed by atoms with Crippen LogP contribution in [-0.4, -0.2) is 69.9 Å². The molecule has 1 aromatic carbocycles. The number of benzene rings is 1. The van der Waals surface area contributed by atoms with Crippen LogP contribution in [0, 0.1) is 5.92 Å². The third-order valence-corrected chi connectivity index (χ3v) is 7.21. The summed E-state index contributed by atoms with van der Waals surface area (Å²) in [6.07, 6.45) is 0.362. The van der Waals surface area contributed by atoms with Crippen LogP contribution < -0.4 is 16.1 Å². The number of carbonyl (C=O) groups excluding carboxylic acids is 2. The zero-order valence-corrected chi connectivity index (χ0v) is 22.9. The molecule has 0 aliphatic rings. The smallest absolute Gasteiger partial charge is 0.339 e. The van der Waals surface area contributed by atoms with Gasteiger partial charge in [-0.25, -0.2) is 27.4 Å². The lowest BCUT2D eigenvalue weighted by atomic mass is 10.0. The number of hydrogen-bond donors (Lipinski definition) is 2. The van der Waals surface area contributed by atoms with Gasteiger partial charge in [-0.2, -0.15) is 9.97 Å². The summed E-state index contributed by atoms with van der Waals surface area (Å²) in [5, 5.41) is 0. The largest absolute Gasteiger partial charge is 0.464 e. The van der Waals surface area contributed by atoms with Crippen LogP contribution in [-0.2, 0) is 26.1 Å². The van der Waals surface area contributed by atoms with E-state index in [4.69, 9.17) is 10.5 Å². The highest BCUT2D eigenvalue weighted by Gasteiger charge is 2.34. The summed E-state index contributed by atoms with van der Waals surface area (Å²) < 4.78 is 34.1. The van der Waals surface area contributed by atoms with Crippen LogP contribution in [0.2, 0.25) is 0 Å². The molecule has 14 heteroatoms. The van der Waals surface area contributed by atoms with E-state index in [0.29, 0.717) is 6.42 Å². The van der Waals surface area contributed by atoms with E-state index in [-0.39, 0.29) is 47.8 Å². The minimum atomic E-state index is -3.76. The van der Waals surface area contributed by atoms with E-state index in [1.54, 1.807) is 52.0 Å². The Morgan fingerprint density at radius 2 is 1.82 bits per heavy atom. The fourth-order valence-electron chi connectivity index (χ4n) is 4.14. The third-order valence-electron chi connectivity index (χ3n) is 5.77. The first-order valence-corrected chi connectivity index (χ1v) is 13.8. The molecule has 0 bridgehead atoms. The van der Waals surface area contributed by atoms with Crippen LogP contribution in [0.25, 0.3) is 11.2 Å². The van der Waals surface area contributed by atoms with E-state index in [1.807, 2.05) is 6.07 Å². The van der Waals surface area contributed by atoms with Crippen molar-refractivity contribution in [2.24, 2.45) is 5.92 Å². The molecule has 206 valence electrons. The summed E-state index contributed by atoms with van der Waals surface area (Å²) in [5.41, 5.74) is 5.99. The van der Waals surface area contributed by atoms with Crippen LogP contribution in [0.15, 0.2) is 35.1 Å². The summed E-state index contributed by atoms with van der Waals surface area (Å²) in [5.74, 6) is -1.72. The summed E-state index contributed by atoms with van der Waals surface area (Å²) in [6, 6.07) is 7.15. The molecule has 0 saturated heterocycles. The molecule has 38 heavy (non-hydrogen) atoms. The van der Waals surface area contributed by atoms with Crippen LogP contribution in [0.1, 0.15) is 39.7 Å². The van der Waals surface area contributed by atoms with E-state index >= 15 is 0 Å². The SMILES string of the molecule is CCCS(=O)(=O)Nc1nc(N)c2c(n1)n(Cc1ccccc1)c(=O)n2C(=O)N(C)[C@H](C(=O)OCC)C(C)C. The van der Waals surface area contributed by atoms with Gasteiger partial charge in [0.15, 0.2) is 11.5 Å². The molecule has 2 aromatic heterocycles. The van der Waals surface area contributed by atoms with E-state index in [9.17, 15) is 22.8 Å². The number of nitrogens with two attached hydrogens (primary N) is 1. The fraction of sp³-hybridized carbons (Fsp3) is 0.458. The number of sulfonamides is 1. The molecule has 3 rings (SSSR count). The summed E-state index contributed by atoms with van der Waals surface area (Å²) in [7, 11) is -2.37. The van der Waals surface area contributed by atoms with Gasteiger partial charge >= 0.3 is 17.7 Å². The second-order valence-electron chi connectivity index (χ2n) is 9.05. The van der Waals surface area contributed by atoms with E-state index in [2.05, 4.69) is 14.7 Å². The van der Waals surface area contributed by atoms with Crippen molar-refractivity contribution < 1.29 is 22.7 Å². The lowest BCUT2D eigenvalue weighted by Gasteiger charge is -2.29. The van der Waals surface area contributed by atoms with Gasteiger partial charge in [0, 0.05) is 7.05 Å². The lowest BCUT2D eigenvalue weighted by Crippen LogP contribution is -2.50. The maximum Gasteiger partial charge on any atom is 0.339 e. The number of nitrogen functional groups attached to an aromatic ring is 1. The number of imidazole rings is 1. The number of nitrogens with zero attached hydrogens (tertiary/aromatic N) is 5. The number of nitrogens with one attached hydrogen (secondary N) is 1. The summed E-state index contributed by atoms with van der Waals surface area (Å²) in [6.45, 7) is 7.00. The van der Waals surface area contributed by atoms with Crippen LogP contribution in [0.3, 0.4) is 0 Å². The predicted molar refractivity (Wildman–Crippen MR) is 143 cm³/mol. The van der Waals surface area contributed by atoms with Gasteiger partial charge in [-0.3, -0.25) is 9.29 Å². The van der Waals surface area contributed by atoms with Gasteiger partial charge in [0.25, 0.3) is 0 Å². The number of likely N-dealkylation sites (N-methyl/N-ethyl adjacent to an activating group) is 1. The van der Waals surface area contributed by atoms with Gasteiger partial charge < -0.3 is 15.4 Å². The highest BCUT2D eigenvalue weighted by Crippen LogP contribution is 2.22. The molecule has 3 aromatic rings. The fourth-order valence-corrected chi connectivity index (χ4v) is 5.15. The number of fused-ring (bicyclic) bond motifs is 1. The molecule has 0 spiro atoms. The second-order valence-corrected chi connectivity index (χ2v) is 10.9. The van der Waals surface area contributed by atoms with Gasteiger partial charge in [0.1, 0.15) is 11.6 Å². The molecule has 1 atom stereocenters. The first kappa shape index (κ1) is 28.6. The molecule has 2 heterocycles. The van der Waals surface area contributed by atoms with Gasteiger partial charge in [0.2, 0.25) is 16.0 Å². The molecule has 3 N–H and O–H groups in total. The third kappa shape index (κ3) is 5.96. The Morgan fingerprint density at radius 3 is 2.39 bits per heavy atom. The standard InChI is InChI=1S/C24H33N7O6S/c1-6-13-38(35,36)28-22-26-19(25)18-20(27-22)30(14-16-11-9-8-10-12-16)24(34)31(18)23(33)29(5)17(15(3)4)21(32)37-7-2/h8-12,15,17H,6-7,13-14H2,1-5H3,(H3,25,26,27,28)/t17-/m0/s1. The van der Waals surface area contributed by atoms with Gasteiger partial charge in [-0.15, -0.1) is 0 Å². The van der Waals surface area contributed by atoms with Crippen molar-refractivity contribution in [1.29, 1.82) is 0 Å². The molecule has 0 aliphatic heterocycles. The minimum Gasteiger partial charge on any atom is -0.464 e. The topological polar surface area (TPSA) is 172 Å². The number of aromatic nitrogens is 4. The Morgan fingerprint density at radius 1 is 1.16 bits per heavy atom. The molecule has 0 aliphatic carbocycles. The Bertz CT molecular complexity index is 1480. The van der Waals surface area contributed by atoms with Crippen LogP contribution in [0.4, 0.5) is 16.6 Å². The number of carbonyl (C=O) groups is 2. The van der Waals surface area contributed by atoms with Crippen molar-refractivity contribution in [3.63, 3.8) is 0 Å². The predicted octanol–water partition coefficient (Wildman–Crippen LogP) is 1.86. The molecule has 0 saturated carbocycles. The Balaban J connectivity index is 2.22. The second kappa shape index (κ2) is 11.6. The quantitative estimate of drug-likeness (QED) is 0.359. The van der Waals surface area contributed by atoms with Gasteiger partial charge in [0.05, 0.1) is 18.9 Å². The van der Waals surface area contributed by atoms with Crippen molar-refractivity contribution in [3.8, 4) is 0 Å². The molecular weight excluding hydrogens is 514 g/mol. The number of rotatable bonds is 10. The maximum absolute atomic E-state index is 13.7.